The zero-order valence-corrected chi connectivity index (χ0v) is 10.5. The number of carbonyl (C=O) groups excluding carboxylic acids is 1. The molecule has 1 heterocycles. The molecule has 1 saturated heterocycles. The molecule has 1 amide bonds. The maximum atomic E-state index is 11.4. The standard InChI is InChI=1S/C11H14BrN3O/c12-8-2-1-3-9(10(8)11(13)16)15-6-4-14-5-7-15/h1-3,14H,4-7H2,(H2,13,16). The van der Waals surface area contributed by atoms with Crippen molar-refractivity contribution in [3.8, 4) is 0 Å². The summed E-state index contributed by atoms with van der Waals surface area (Å²) in [4.78, 5) is 13.6. The third-order valence-electron chi connectivity index (χ3n) is 2.70. The highest BCUT2D eigenvalue weighted by Crippen LogP contribution is 2.27. The third kappa shape index (κ3) is 2.20. The van der Waals surface area contributed by atoms with Crippen molar-refractivity contribution in [1.29, 1.82) is 0 Å². The molecule has 16 heavy (non-hydrogen) atoms. The van der Waals surface area contributed by atoms with Crippen molar-refractivity contribution in [3.05, 3.63) is 28.2 Å². The maximum absolute atomic E-state index is 11.4. The molecular formula is C11H14BrN3O. The lowest BCUT2D eigenvalue weighted by Crippen LogP contribution is -2.44. The quantitative estimate of drug-likeness (QED) is 0.850. The summed E-state index contributed by atoms with van der Waals surface area (Å²) in [6, 6.07) is 5.70. The van der Waals surface area contributed by atoms with Crippen molar-refractivity contribution < 1.29 is 4.79 Å². The molecule has 86 valence electrons. The second-order valence-corrected chi connectivity index (χ2v) is 4.59. The van der Waals surface area contributed by atoms with Crippen LogP contribution in [0.3, 0.4) is 0 Å². The second kappa shape index (κ2) is 4.84. The number of anilines is 1. The van der Waals surface area contributed by atoms with E-state index in [1.165, 1.54) is 0 Å². The number of amides is 1. The predicted molar refractivity (Wildman–Crippen MR) is 67.7 cm³/mol. The molecule has 0 radical (unpaired) electrons. The fourth-order valence-corrected chi connectivity index (χ4v) is 2.48. The van der Waals surface area contributed by atoms with Gasteiger partial charge < -0.3 is 16.0 Å². The van der Waals surface area contributed by atoms with E-state index in [9.17, 15) is 4.79 Å². The smallest absolute Gasteiger partial charge is 0.251 e. The molecule has 1 fully saturated rings. The van der Waals surface area contributed by atoms with Crippen LogP contribution < -0.4 is 16.0 Å². The first-order chi connectivity index (χ1) is 7.70. The summed E-state index contributed by atoms with van der Waals surface area (Å²) in [7, 11) is 0. The fraction of sp³-hybridized carbons (Fsp3) is 0.364. The van der Waals surface area contributed by atoms with Gasteiger partial charge in [-0.25, -0.2) is 0 Å². The van der Waals surface area contributed by atoms with Crippen LogP contribution in [0.2, 0.25) is 0 Å². The molecule has 0 aromatic heterocycles. The number of hydrogen-bond acceptors (Lipinski definition) is 3. The SMILES string of the molecule is NC(=O)c1c(Br)cccc1N1CCNCC1. The molecule has 4 nitrogen and oxygen atoms in total. The number of nitrogens with zero attached hydrogens (tertiary/aromatic N) is 1. The average molecular weight is 284 g/mol. The van der Waals surface area contributed by atoms with Gasteiger partial charge in [-0.05, 0) is 28.1 Å². The van der Waals surface area contributed by atoms with Gasteiger partial charge in [0, 0.05) is 30.7 Å². The number of hydrogen-bond donors (Lipinski definition) is 2. The van der Waals surface area contributed by atoms with Crippen molar-refractivity contribution >= 4 is 27.5 Å². The number of halogens is 1. The number of piperazine rings is 1. The molecule has 5 heteroatoms. The summed E-state index contributed by atoms with van der Waals surface area (Å²) in [6.45, 7) is 3.67. The van der Waals surface area contributed by atoms with E-state index >= 15 is 0 Å². The lowest BCUT2D eigenvalue weighted by Gasteiger charge is -2.30. The van der Waals surface area contributed by atoms with E-state index in [2.05, 4.69) is 26.1 Å². The molecular weight excluding hydrogens is 270 g/mol. The average Bonchev–Trinajstić information content (AvgIpc) is 2.29. The van der Waals surface area contributed by atoms with Crippen LogP contribution in [0.15, 0.2) is 22.7 Å². The lowest BCUT2D eigenvalue weighted by molar-refractivity contribution is 0.1000. The number of primary amides is 1. The highest BCUT2D eigenvalue weighted by atomic mass is 79.9. The monoisotopic (exact) mass is 283 g/mol. The molecule has 1 aromatic rings. The molecule has 0 atom stereocenters. The zero-order valence-electron chi connectivity index (χ0n) is 8.87. The van der Waals surface area contributed by atoms with Crippen LogP contribution in [0.5, 0.6) is 0 Å². The molecule has 1 aliphatic heterocycles. The second-order valence-electron chi connectivity index (χ2n) is 3.74. The molecule has 1 aliphatic rings. The third-order valence-corrected chi connectivity index (χ3v) is 3.36. The Bertz CT molecular complexity index is 402. The van der Waals surface area contributed by atoms with Crippen LogP contribution in [-0.4, -0.2) is 32.1 Å². The van der Waals surface area contributed by atoms with Gasteiger partial charge in [0.1, 0.15) is 0 Å². The van der Waals surface area contributed by atoms with Gasteiger partial charge in [0.15, 0.2) is 0 Å². The fourth-order valence-electron chi connectivity index (χ4n) is 1.93. The van der Waals surface area contributed by atoms with Gasteiger partial charge in [0.2, 0.25) is 0 Å². The highest BCUT2D eigenvalue weighted by Gasteiger charge is 2.18. The van der Waals surface area contributed by atoms with E-state index in [-0.39, 0.29) is 5.91 Å². The molecule has 0 spiro atoms. The van der Waals surface area contributed by atoms with E-state index in [1.54, 1.807) is 0 Å². The molecule has 0 bridgehead atoms. The van der Waals surface area contributed by atoms with E-state index in [0.717, 1.165) is 36.3 Å². The number of nitrogens with two attached hydrogens (primary N) is 1. The lowest BCUT2D eigenvalue weighted by atomic mass is 10.1. The van der Waals surface area contributed by atoms with E-state index < -0.39 is 0 Å². The summed E-state index contributed by atoms with van der Waals surface area (Å²) < 4.78 is 0.760. The molecule has 0 unspecified atom stereocenters. The van der Waals surface area contributed by atoms with Gasteiger partial charge in [0.25, 0.3) is 5.91 Å². The Morgan fingerprint density at radius 1 is 1.38 bits per heavy atom. The number of nitrogens with one attached hydrogen (secondary N) is 1. The van der Waals surface area contributed by atoms with Crippen molar-refractivity contribution in [2.45, 2.75) is 0 Å². The highest BCUT2D eigenvalue weighted by molar-refractivity contribution is 9.10. The van der Waals surface area contributed by atoms with Crippen LogP contribution in [0.4, 0.5) is 5.69 Å². The van der Waals surface area contributed by atoms with Crippen LogP contribution >= 0.6 is 15.9 Å². The summed E-state index contributed by atoms with van der Waals surface area (Å²) in [5, 5.41) is 3.28. The molecule has 1 aromatic carbocycles. The Hall–Kier alpha value is -1.07. The minimum Gasteiger partial charge on any atom is -0.368 e. The van der Waals surface area contributed by atoms with Crippen molar-refractivity contribution in [2.75, 3.05) is 31.1 Å². The molecule has 2 rings (SSSR count). The molecule has 3 N–H and O–H groups in total. The minimum absolute atomic E-state index is 0.388. The van der Waals surface area contributed by atoms with Gasteiger partial charge in [-0.2, -0.15) is 0 Å². The largest absolute Gasteiger partial charge is 0.368 e. The zero-order chi connectivity index (χ0) is 11.5. The van der Waals surface area contributed by atoms with Crippen molar-refractivity contribution in [3.63, 3.8) is 0 Å². The van der Waals surface area contributed by atoms with Gasteiger partial charge >= 0.3 is 0 Å². The van der Waals surface area contributed by atoms with Crippen molar-refractivity contribution in [2.24, 2.45) is 5.73 Å². The van der Waals surface area contributed by atoms with Crippen LogP contribution in [0, 0.1) is 0 Å². The van der Waals surface area contributed by atoms with Crippen molar-refractivity contribution in [1.82, 2.24) is 5.32 Å². The van der Waals surface area contributed by atoms with Crippen LogP contribution in [0.1, 0.15) is 10.4 Å². The Kier molecular flexibility index (Phi) is 3.46. The molecule has 0 saturated carbocycles. The van der Waals surface area contributed by atoms with Gasteiger partial charge in [-0.3, -0.25) is 4.79 Å². The Morgan fingerprint density at radius 3 is 2.69 bits per heavy atom. The predicted octanol–water partition coefficient (Wildman–Crippen LogP) is 0.958. The first-order valence-electron chi connectivity index (χ1n) is 5.24. The van der Waals surface area contributed by atoms with E-state index in [0.29, 0.717) is 5.56 Å². The summed E-state index contributed by atoms with van der Waals surface area (Å²) >= 11 is 3.37. The van der Waals surface area contributed by atoms with Crippen LogP contribution in [-0.2, 0) is 0 Å². The Morgan fingerprint density at radius 2 is 2.06 bits per heavy atom. The first kappa shape index (κ1) is 11.4. The Labute approximate surface area is 103 Å². The maximum Gasteiger partial charge on any atom is 0.251 e. The summed E-state index contributed by atoms with van der Waals surface area (Å²) in [5.41, 5.74) is 6.90. The first-order valence-corrected chi connectivity index (χ1v) is 6.03. The van der Waals surface area contributed by atoms with Gasteiger partial charge in [-0.15, -0.1) is 0 Å². The van der Waals surface area contributed by atoms with Gasteiger partial charge in [-0.1, -0.05) is 6.07 Å². The Balaban J connectivity index is 2.38. The topological polar surface area (TPSA) is 58.4 Å². The summed E-state index contributed by atoms with van der Waals surface area (Å²) in [6.07, 6.45) is 0. The van der Waals surface area contributed by atoms with Crippen LogP contribution in [0.25, 0.3) is 0 Å². The van der Waals surface area contributed by atoms with Gasteiger partial charge in [0.05, 0.1) is 11.3 Å². The number of carbonyl (C=O) groups is 1. The van der Waals surface area contributed by atoms with E-state index in [4.69, 9.17) is 5.73 Å². The molecule has 0 aliphatic carbocycles. The normalized spacial score (nSPS) is 16.2. The minimum atomic E-state index is -0.388. The summed E-state index contributed by atoms with van der Waals surface area (Å²) in [5.74, 6) is -0.388. The number of rotatable bonds is 2. The number of benzene rings is 1. The van der Waals surface area contributed by atoms with E-state index in [1.807, 2.05) is 18.2 Å².